The van der Waals surface area contributed by atoms with Crippen LogP contribution in [0.15, 0.2) is 0 Å². The van der Waals surface area contributed by atoms with Gasteiger partial charge in [0.05, 0.1) is 0 Å². The molecule has 2 heteroatoms. The Bertz CT molecular complexity index is 88.9. The van der Waals surface area contributed by atoms with E-state index in [9.17, 15) is 4.79 Å². The first kappa shape index (κ1) is 8.47. The van der Waals surface area contributed by atoms with Crippen LogP contribution < -0.4 is 0 Å². The molecule has 0 aliphatic heterocycles. The lowest BCUT2D eigenvalue weighted by Gasteiger charge is -2.03. The van der Waals surface area contributed by atoms with E-state index in [0.717, 1.165) is 12.8 Å². The summed E-state index contributed by atoms with van der Waals surface area (Å²) in [5.41, 5.74) is 0. The number of carboxylic acids is 1. The van der Waals surface area contributed by atoms with E-state index in [0.29, 0.717) is 5.92 Å². The van der Waals surface area contributed by atoms with Crippen LogP contribution in [0.25, 0.3) is 0 Å². The molecule has 0 aromatic carbocycles. The quantitative estimate of drug-likeness (QED) is 0.627. The third kappa shape index (κ3) is 5.34. The van der Waals surface area contributed by atoms with Gasteiger partial charge in [-0.3, -0.25) is 4.79 Å². The second-order valence-electron chi connectivity index (χ2n) is 2.33. The molecule has 1 N–H and O–H groups in total. The fourth-order valence-electron chi connectivity index (χ4n) is 0.514. The molecule has 9 heavy (non-hydrogen) atoms. The molecule has 0 rings (SSSR count). The molecular weight excluding hydrogens is 116 g/mol. The van der Waals surface area contributed by atoms with E-state index in [2.05, 4.69) is 6.92 Å². The van der Waals surface area contributed by atoms with Gasteiger partial charge in [0.1, 0.15) is 0 Å². The molecule has 0 aliphatic carbocycles. The third-order valence-corrected chi connectivity index (χ3v) is 1.34. The molecule has 0 saturated carbocycles. The van der Waals surface area contributed by atoms with Gasteiger partial charge in [-0.15, -0.1) is 0 Å². The largest absolute Gasteiger partial charge is 0.481 e. The van der Waals surface area contributed by atoms with Gasteiger partial charge in [-0.2, -0.15) is 0 Å². The molecule has 0 heterocycles. The molecule has 0 aromatic heterocycles. The summed E-state index contributed by atoms with van der Waals surface area (Å²) in [6, 6.07) is 0. The summed E-state index contributed by atoms with van der Waals surface area (Å²) in [5.74, 6) is -0.267. The van der Waals surface area contributed by atoms with Gasteiger partial charge in [0, 0.05) is 6.42 Å². The zero-order valence-electron chi connectivity index (χ0n) is 5.76. The van der Waals surface area contributed by atoms with E-state index in [1.165, 1.54) is 0 Å². The van der Waals surface area contributed by atoms with Crippen LogP contribution in [0.4, 0.5) is 0 Å². The van der Waals surface area contributed by atoms with Crippen molar-refractivity contribution in [1.29, 1.82) is 0 Å². The van der Waals surface area contributed by atoms with Crippen molar-refractivity contribution in [3.8, 4) is 0 Å². The Morgan fingerprint density at radius 1 is 1.78 bits per heavy atom. The van der Waals surface area contributed by atoms with Crippen LogP contribution in [0.2, 0.25) is 0 Å². The number of rotatable bonds is 4. The van der Waals surface area contributed by atoms with Crippen LogP contribution in [-0.4, -0.2) is 11.1 Å². The van der Waals surface area contributed by atoms with Gasteiger partial charge in [0.2, 0.25) is 0 Å². The summed E-state index contributed by atoms with van der Waals surface area (Å²) in [5, 5.41) is 8.24. The molecule has 53 valence electrons. The molecule has 1 unspecified atom stereocenters. The molecular formula is C7H13O2. The second kappa shape index (κ2) is 4.36. The number of carboxylic acid groups (broad SMARTS) is 1. The first-order valence-corrected chi connectivity index (χ1v) is 3.18. The molecule has 0 aliphatic rings. The van der Waals surface area contributed by atoms with Crippen LogP contribution in [0.1, 0.15) is 26.2 Å². The molecule has 0 amide bonds. The average molecular weight is 129 g/mol. The van der Waals surface area contributed by atoms with Crippen molar-refractivity contribution in [1.82, 2.24) is 0 Å². The van der Waals surface area contributed by atoms with E-state index in [-0.39, 0.29) is 6.42 Å². The maximum Gasteiger partial charge on any atom is 0.303 e. The Kier molecular flexibility index (Phi) is 4.10. The number of hydrogen-bond acceptors (Lipinski definition) is 1. The van der Waals surface area contributed by atoms with E-state index in [1.807, 2.05) is 6.92 Å². The highest BCUT2D eigenvalue weighted by Crippen LogP contribution is 2.07. The van der Waals surface area contributed by atoms with Crippen LogP contribution in [0.5, 0.6) is 0 Å². The van der Waals surface area contributed by atoms with E-state index < -0.39 is 5.97 Å². The summed E-state index contributed by atoms with van der Waals surface area (Å²) in [6.45, 7) is 5.68. The Labute approximate surface area is 55.9 Å². The predicted octanol–water partition coefficient (Wildman–Crippen LogP) is 1.71. The maximum absolute atomic E-state index is 10.00. The highest BCUT2D eigenvalue weighted by atomic mass is 16.4. The molecule has 2 nitrogen and oxygen atoms in total. The Morgan fingerprint density at radius 3 is 2.67 bits per heavy atom. The van der Waals surface area contributed by atoms with Crippen LogP contribution in [0, 0.1) is 12.8 Å². The van der Waals surface area contributed by atoms with Gasteiger partial charge in [-0.1, -0.05) is 20.3 Å². The average Bonchev–Trinajstić information content (AvgIpc) is 1.83. The van der Waals surface area contributed by atoms with Crippen molar-refractivity contribution in [2.75, 3.05) is 0 Å². The fraction of sp³-hybridized carbons (Fsp3) is 0.714. The van der Waals surface area contributed by atoms with E-state index in [4.69, 9.17) is 5.11 Å². The minimum absolute atomic E-state index is 0.274. The zero-order valence-corrected chi connectivity index (χ0v) is 5.76. The maximum atomic E-state index is 10.00. The molecule has 0 saturated heterocycles. The third-order valence-electron chi connectivity index (χ3n) is 1.34. The molecule has 0 fully saturated rings. The van der Waals surface area contributed by atoms with Crippen molar-refractivity contribution in [3.63, 3.8) is 0 Å². The lowest BCUT2D eigenvalue weighted by Crippen LogP contribution is -1.99. The van der Waals surface area contributed by atoms with Gasteiger partial charge < -0.3 is 5.11 Å². The monoisotopic (exact) mass is 129 g/mol. The number of hydrogen-bond donors (Lipinski definition) is 1. The van der Waals surface area contributed by atoms with E-state index >= 15 is 0 Å². The number of carbonyl (C=O) groups is 1. The minimum atomic E-state index is -0.713. The van der Waals surface area contributed by atoms with Crippen molar-refractivity contribution in [2.24, 2.45) is 5.92 Å². The predicted molar refractivity (Wildman–Crippen MR) is 36.0 cm³/mol. The van der Waals surface area contributed by atoms with Crippen molar-refractivity contribution in [3.05, 3.63) is 6.92 Å². The summed E-state index contributed by atoms with van der Waals surface area (Å²) in [4.78, 5) is 10.00. The fourth-order valence-corrected chi connectivity index (χ4v) is 0.514. The highest BCUT2D eigenvalue weighted by Gasteiger charge is 2.01. The smallest absolute Gasteiger partial charge is 0.303 e. The molecule has 1 atom stereocenters. The number of aliphatic carboxylic acids is 1. The summed E-state index contributed by atoms with van der Waals surface area (Å²) >= 11 is 0. The summed E-state index contributed by atoms with van der Waals surface area (Å²) in [7, 11) is 0. The SMILES string of the molecule is [CH2]CC(C)CCC(=O)O. The van der Waals surface area contributed by atoms with Crippen molar-refractivity contribution < 1.29 is 9.90 Å². The zero-order chi connectivity index (χ0) is 7.28. The lowest BCUT2D eigenvalue weighted by molar-refractivity contribution is -0.137. The van der Waals surface area contributed by atoms with Gasteiger partial charge in [0.15, 0.2) is 0 Å². The summed E-state index contributed by atoms with van der Waals surface area (Å²) in [6.07, 6.45) is 1.85. The Hall–Kier alpha value is -0.530. The van der Waals surface area contributed by atoms with Gasteiger partial charge >= 0.3 is 5.97 Å². The molecule has 1 radical (unpaired) electrons. The van der Waals surface area contributed by atoms with Gasteiger partial charge in [-0.25, -0.2) is 0 Å². The molecule has 0 aromatic rings. The standard InChI is InChI=1S/C7H13O2/c1-3-6(2)4-5-7(8)9/h6H,1,3-5H2,2H3,(H,8,9). The second-order valence-corrected chi connectivity index (χ2v) is 2.33. The van der Waals surface area contributed by atoms with Crippen LogP contribution in [0.3, 0.4) is 0 Å². The van der Waals surface area contributed by atoms with Crippen LogP contribution in [-0.2, 0) is 4.79 Å². The normalized spacial score (nSPS) is 13.1. The highest BCUT2D eigenvalue weighted by molar-refractivity contribution is 5.66. The Morgan fingerprint density at radius 2 is 2.33 bits per heavy atom. The topological polar surface area (TPSA) is 37.3 Å². The molecule has 0 spiro atoms. The van der Waals surface area contributed by atoms with Crippen LogP contribution >= 0.6 is 0 Å². The first-order chi connectivity index (χ1) is 4.16. The summed E-state index contributed by atoms with van der Waals surface area (Å²) < 4.78 is 0. The van der Waals surface area contributed by atoms with Gasteiger partial charge in [-0.05, 0) is 12.3 Å². The Balaban J connectivity index is 3.16. The van der Waals surface area contributed by atoms with Crippen molar-refractivity contribution >= 4 is 5.97 Å². The minimum Gasteiger partial charge on any atom is -0.481 e. The first-order valence-electron chi connectivity index (χ1n) is 3.18. The lowest BCUT2D eigenvalue weighted by atomic mass is 10.0. The van der Waals surface area contributed by atoms with E-state index in [1.54, 1.807) is 0 Å². The molecule has 0 bridgehead atoms. The van der Waals surface area contributed by atoms with Crippen molar-refractivity contribution in [2.45, 2.75) is 26.2 Å². The van der Waals surface area contributed by atoms with Gasteiger partial charge in [0.25, 0.3) is 0 Å².